The first-order valence-corrected chi connectivity index (χ1v) is 9.18. The van der Waals surface area contributed by atoms with Crippen molar-refractivity contribution < 1.29 is 19.4 Å². The predicted molar refractivity (Wildman–Crippen MR) is 106 cm³/mol. The number of benzene rings is 2. The van der Waals surface area contributed by atoms with E-state index in [0.717, 1.165) is 40.2 Å². The molecule has 27 heavy (non-hydrogen) atoms. The van der Waals surface area contributed by atoms with Crippen LogP contribution in [0.2, 0.25) is 0 Å². The Labute approximate surface area is 160 Å². The number of hydrogen-bond acceptors (Lipinski definition) is 3. The highest BCUT2D eigenvalue weighted by Gasteiger charge is 2.40. The lowest BCUT2D eigenvalue weighted by molar-refractivity contribution is 0.175. The predicted octanol–water partition coefficient (Wildman–Crippen LogP) is 5.04. The monoisotopic (exact) mass is 369 g/mol. The van der Waals surface area contributed by atoms with Crippen LogP contribution in [0.25, 0.3) is 11.1 Å². The summed E-state index contributed by atoms with van der Waals surface area (Å²) in [5.74, 6) is 1.57. The molecule has 0 aromatic heterocycles. The second kappa shape index (κ2) is 7.14. The van der Waals surface area contributed by atoms with E-state index in [1.165, 1.54) is 0 Å². The van der Waals surface area contributed by atoms with Crippen LogP contribution in [0.4, 0.5) is 4.79 Å². The standard InChI is InChI=1S/C22H27NO4/c1-13(2)27-16-8-6-14(7-9-16)17-10-15-12-22(3,4)20(23-21(24)25)18(15)11-19(17)26-5/h6-11,13,20,23H,12H2,1-5H3,(H,24,25). The zero-order valence-electron chi connectivity index (χ0n) is 16.5. The number of hydrogen-bond donors (Lipinski definition) is 2. The van der Waals surface area contributed by atoms with Crippen LogP contribution >= 0.6 is 0 Å². The molecule has 144 valence electrons. The Hall–Kier alpha value is -2.69. The molecule has 2 N–H and O–H groups in total. The van der Waals surface area contributed by atoms with E-state index in [0.29, 0.717) is 0 Å². The van der Waals surface area contributed by atoms with Crippen molar-refractivity contribution >= 4 is 6.09 Å². The van der Waals surface area contributed by atoms with Gasteiger partial charge in [0.15, 0.2) is 0 Å². The van der Waals surface area contributed by atoms with Gasteiger partial charge in [-0.05, 0) is 66.6 Å². The van der Waals surface area contributed by atoms with Crippen LogP contribution in [-0.2, 0) is 6.42 Å². The van der Waals surface area contributed by atoms with Crippen molar-refractivity contribution in [3.63, 3.8) is 0 Å². The summed E-state index contributed by atoms with van der Waals surface area (Å²) in [7, 11) is 1.64. The third-order valence-corrected chi connectivity index (χ3v) is 5.00. The maximum atomic E-state index is 11.2. The van der Waals surface area contributed by atoms with Crippen LogP contribution in [0.1, 0.15) is 44.9 Å². The van der Waals surface area contributed by atoms with Gasteiger partial charge in [-0.15, -0.1) is 0 Å². The largest absolute Gasteiger partial charge is 0.496 e. The number of carbonyl (C=O) groups is 1. The summed E-state index contributed by atoms with van der Waals surface area (Å²) in [6.07, 6.45) is -0.0743. The molecule has 1 atom stereocenters. The summed E-state index contributed by atoms with van der Waals surface area (Å²) >= 11 is 0. The number of methoxy groups -OCH3 is 1. The van der Waals surface area contributed by atoms with E-state index < -0.39 is 6.09 Å². The Kier molecular flexibility index (Phi) is 5.05. The molecule has 3 rings (SSSR count). The topological polar surface area (TPSA) is 67.8 Å². The van der Waals surface area contributed by atoms with Crippen LogP contribution in [0.15, 0.2) is 36.4 Å². The van der Waals surface area contributed by atoms with E-state index in [4.69, 9.17) is 9.47 Å². The molecule has 0 spiro atoms. The van der Waals surface area contributed by atoms with Gasteiger partial charge in [0.2, 0.25) is 0 Å². The first kappa shape index (κ1) is 19.1. The van der Waals surface area contributed by atoms with Crippen LogP contribution in [0.5, 0.6) is 11.5 Å². The molecule has 0 heterocycles. The van der Waals surface area contributed by atoms with Gasteiger partial charge in [-0.25, -0.2) is 4.79 Å². The first-order valence-electron chi connectivity index (χ1n) is 9.18. The van der Waals surface area contributed by atoms with Gasteiger partial charge in [-0.2, -0.15) is 0 Å². The molecular weight excluding hydrogens is 342 g/mol. The van der Waals surface area contributed by atoms with Crippen molar-refractivity contribution in [1.82, 2.24) is 5.32 Å². The number of fused-ring (bicyclic) bond motifs is 1. The zero-order valence-corrected chi connectivity index (χ0v) is 16.5. The van der Waals surface area contributed by atoms with E-state index in [1.807, 2.05) is 44.2 Å². The molecule has 0 fully saturated rings. The quantitative estimate of drug-likeness (QED) is 0.775. The summed E-state index contributed by atoms with van der Waals surface area (Å²) < 4.78 is 11.4. The molecular formula is C22H27NO4. The van der Waals surface area contributed by atoms with Crippen LogP contribution < -0.4 is 14.8 Å². The van der Waals surface area contributed by atoms with Crippen molar-refractivity contribution in [2.45, 2.75) is 46.3 Å². The zero-order chi connectivity index (χ0) is 19.8. The molecule has 0 radical (unpaired) electrons. The van der Waals surface area contributed by atoms with Crippen LogP contribution in [-0.4, -0.2) is 24.4 Å². The first-order chi connectivity index (χ1) is 12.7. The molecule has 2 aromatic rings. The van der Waals surface area contributed by atoms with Crippen molar-refractivity contribution in [2.75, 3.05) is 7.11 Å². The minimum atomic E-state index is -1.01. The van der Waals surface area contributed by atoms with E-state index in [1.54, 1.807) is 7.11 Å². The van der Waals surface area contributed by atoms with Gasteiger partial charge in [0, 0.05) is 5.56 Å². The molecule has 1 aliphatic rings. The van der Waals surface area contributed by atoms with Gasteiger partial charge in [0.25, 0.3) is 0 Å². The number of amides is 1. The third-order valence-electron chi connectivity index (χ3n) is 5.00. The highest BCUT2D eigenvalue weighted by molar-refractivity contribution is 5.74. The minimum absolute atomic E-state index is 0.131. The number of nitrogens with one attached hydrogen (secondary N) is 1. The average molecular weight is 369 g/mol. The summed E-state index contributed by atoms with van der Waals surface area (Å²) in [4.78, 5) is 11.2. The van der Waals surface area contributed by atoms with Gasteiger partial charge in [0.1, 0.15) is 11.5 Å². The molecule has 0 aliphatic heterocycles. The summed E-state index contributed by atoms with van der Waals surface area (Å²) in [6, 6.07) is 11.8. The third kappa shape index (κ3) is 3.87. The van der Waals surface area contributed by atoms with Crippen LogP contribution in [0.3, 0.4) is 0 Å². The molecule has 5 heteroatoms. The molecule has 2 aromatic carbocycles. The second-order valence-corrected chi connectivity index (χ2v) is 7.99. The summed E-state index contributed by atoms with van der Waals surface area (Å²) in [5.41, 5.74) is 3.98. The van der Waals surface area contributed by atoms with Crippen molar-refractivity contribution in [2.24, 2.45) is 5.41 Å². The van der Waals surface area contributed by atoms with Gasteiger partial charge >= 0.3 is 6.09 Å². The Bertz CT molecular complexity index is 840. The lowest BCUT2D eigenvalue weighted by Gasteiger charge is -2.27. The van der Waals surface area contributed by atoms with Crippen molar-refractivity contribution in [1.29, 1.82) is 0 Å². The van der Waals surface area contributed by atoms with Crippen molar-refractivity contribution in [3.8, 4) is 22.6 Å². The van der Waals surface area contributed by atoms with Crippen molar-refractivity contribution in [3.05, 3.63) is 47.5 Å². The van der Waals surface area contributed by atoms with Crippen LogP contribution in [0, 0.1) is 5.41 Å². The summed E-state index contributed by atoms with van der Waals surface area (Å²) in [5, 5.41) is 11.9. The Morgan fingerprint density at radius 1 is 1.22 bits per heavy atom. The maximum absolute atomic E-state index is 11.2. The van der Waals surface area contributed by atoms with E-state index in [-0.39, 0.29) is 17.6 Å². The Morgan fingerprint density at radius 3 is 2.44 bits per heavy atom. The lowest BCUT2D eigenvalue weighted by atomic mass is 9.85. The highest BCUT2D eigenvalue weighted by Crippen LogP contribution is 2.48. The molecule has 1 amide bonds. The number of rotatable bonds is 5. The second-order valence-electron chi connectivity index (χ2n) is 7.99. The normalized spacial score (nSPS) is 17.5. The SMILES string of the molecule is COc1cc2c(cc1-c1ccc(OC(C)C)cc1)CC(C)(C)C2NC(=O)O. The Morgan fingerprint density at radius 2 is 1.89 bits per heavy atom. The Balaban J connectivity index is 2.01. The molecule has 5 nitrogen and oxygen atoms in total. The molecule has 0 saturated heterocycles. The fourth-order valence-corrected chi connectivity index (χ4v) is 3.85. The highest BCUT2D eigenvalue weighted by atomic mass is 16.5. The maximum Gasteiger partial charge on any atom is 0.405 e. The van der Waals surface area contributed by atoms with Gasteiger partial charge < -0.3 is 19.9 Å². The summed E-state index contributed by atoms with van der Waals surface area (Å²) in [6.45, 7) is 8.16. The molecule has 1 unspecified atom stereocenters. The van der Waals surface area contributed by atoms with E-state index >= 15 is 0 Å². The minimum Gasteiger partial charge on any atom is -0.496 e. The smallest absolute Gasteiger partial charge is 0.405 e. The van der Waals surface area contributed by atoms with E-state index in [9.17, 15) is 9.90 Å². The fraction of sp³-hybridized carbons (Fsp3) is 0.409. The lowest BCUT2D eigenvalue weighted by Crippen LogP contribution is -2.34. The number of carboxylic acid groups (broad SMARTS) is 1. The number of ether oxygens (including phenoxy) is 2. The molecule has 0 saturated carbocycles. The fourth-order valence-electron chi connectivity index (χ4n) is 3.85. The van der Waals surface area contributed by atoms with Gasteiger partial charge in [-0.1, -0.05) is 26.0 Å². The van der Waals surface area contributed by atoms with E-state index in [2.05, 4.69) is 25.2 Å². The average Bonchev–Trinajstić information content (AvgIpc) is 2.83. The molecule has 0 bridgehead atoms. The van der Waals surface area contributed by atoms with Gasteiger partial charge in [-0.3, -0.25) is 0 Å². The molecule has 1 aliphatic carbocycles. The van der Waals surface area contributed by atoms with Gasteiger partial charge in [0.05, 0.1) is 19.3 Å².